The minimum absolute atomic E-state index is 0.314. The Morgan fingerprint density at radius 3 is 2.15 bits per heavy atom. The van der Waals surface area contributed by atoms with E-state index in [-0.39, 0.29) is 0 Å². The van der Waals surface area contributed by atoms with Crippen molar-refractivity contribution in [2.75, 3.05) is 5.32 Å². The van der Waals surface area contributed by atoms with Crippen LogP contribution in [-0.4, -0.2) is 0 Å². The van der Waals surface area contributed by atoms with Crippen molar-refractivity contribution >= 4 is 52.1 Å². The minimum atomic E-state index is 0.314. The second kappa shape index (κ2) is 8.88. The van der Waals surface area contributed by atoms with E-state index in [1.807, 2.05) is 30.3 Å². The first-order valence-corrected chi connectivity index (χ1v) is 9.37. The van der Waals surface area contributed by atoms with E-state index in [2.05, 4.69) is 5.32 Å². The van der Waals surface area contributed by atoms with Gasteiger partial charge in [0.2, 0.25) is 0 Å². The number of halogens is 4. The fourth-order valence-electron chi connectivity index (χ4n) is 2.36. The van der Waals surface area contributed by atoms with Crippen LogP contribution in [-0.2, 0) is 13.2 Å². The SMILES string of the molecule is Clc1ccc(Cl)c(NCc2ccc(OCc3c(Cl)cccc3Cl)cc2)c1. The third-order valence-electron chi connectivity index (χ3n) is 3.78. The van der Waals surface area contributed by atoms with E-state index in [4.69, 9.17) is 51.1 Å². The molecule has 1 N–H and O–H groups in total. The zero-order chi connectivity index (χ0) is 18.5. The molecule has 0 atom stereocenters. The summed E-state index contributed by atoms with van der Waals surface area (Å²) in [7, 11) is 0. The minimum Gasteiger partial charge on any atom is -0.489 e. The van der Waals surface area contributed by atoms with Gasteiger partial charge in [-0.1, -0.05) is 64.6 Å². The van der Waals surface area contributed by atoms with Gasteiger partial charge in [-0.25, -0.2) is 0 Å². The van der Waals surface area contributed by atoms with Crippen LogP contribution in [0.1, 0.15) is 11.1 Å². The first-order chi connectivity index (χ1) is 12.5. The summed E-state index contributed by atoms with van der Waals surface area (Å²) in [5, 5.41) is 5.73. The average molecular weight is 427 g/mol. The molecule has 3 aromatic rings. The van der Waals surface area contributed by atoms with Crippen molar-refractivity contribution in [3.63, 3.8) is 0 Å². The van der Waals surface area contributed by atoms with Crippen molar-refractivity contribution in [3.8, 4) is 5.75 Å². The molecular formula is C20H15Cl4NO. The van der Waals surface area contributed by atoms with Crippen LogP contribution in [0, 0.1) is 0 Å². The number of benzene rings is 3. The number of anilines is 1. The molecule has 0 amide bonds. The summed E-state index contributed by atoms with van der Waals surface area (Å²) in [5.41, 5.74) is 2.66. The molecule has 0 spiro atoms. The smallest absolute Gasteiger partial charge is 0.119 e. The average Bonchev–Trinajstić information content (AvgIpc) is 2.63. The van der Waals surface area contributed by atoms with E-state index in [1.165, 1.54) is 0 Å². The highest BCUT2D eigenvalue weighted by atomic mass is 35.5. The number of hydrogen-bond donors (Lipinski definition) is 1. The van der Waals surface area contributed by atoms with E-state index >= 15 is 0 Å². The first-order valence-electron chi connectivity index (χ1n) is 7.86. The largest absolute Gasteiger partial charge is 0.489 e. The van der Waals surface area contributed by atoms with Crippen LogP contribution in [0.4, 0.5) is 5.69 Å². The lowest BCUT2D eigenvalue weighted by Gasteiger charge is -2.11. The van der Waals surface area contributed by atoms with Crippen LogP contribution >= 0.6 is 46.4 Å². The molecule has 6 heteroatoms. The molecule has 26 heavy (non-hydrogen) atoms. The monoisotopic (exact) mass is 425 g/mol. The molecule has 0 radical (unpaired) electrons. The molecule has 0 saturated carbocycles. The van der Waals surface area contributed by atoms with E-state index < -0.39 is 0 Å². The third kappa shape index (κ3) is 4.99. The van der Waals surface area contributed by atoms with E-state index in [1.54, 1.807) is 30.3 Å². The molecule has 0 fully saturated rings. The molecule has 2 nitrogen and oxygen atoms in total. The lowest BCUT2D eigenvalue weighted by Crippen LogP contribution is -2.01. The highest BCUT2D eigenvalue weighted by Gasteiger charge is 2.06. The van der Waals surface area contributed by atoms with Crippen LogP contribution in [0.3, 0.4) is 0 Å². The summed E-state index contributed by atoms with van der Waals surface area (Å²) in [6, 6.07) is 18.5. The summed E-state index contributed by atoms with van der Waals surface area (Å²) in [5.74, 6) is 0.741. The highest BCUT2D eigenvalue weighted by Crippen LogP contribution is 2.27. The fourth-order valence-corrected chi connectivity index (χ4v) is 3.22. The van der Waals surface area contributed by atoms with Crippen molar-refractivity contribution in [3.05, 3.63) is 91.9 Å². The van der Waals surface area contributed by atoms with Crippen molar-refractivity contribution in [1.29, 1.82) is 0 Å². The van der Waals surface area contributed by atoms with Gasteiger partial charge in [-0.2, -0.15) is 0 Å². The zero-order valence-corrected chi connectivity index (χ0v) is 16.6. The molecular weight excluding hydrogens is 412 g/mol. The van der Waals surface area contributed by atoms with Crippen LogP contribution in [0.2, 0.25) is 20.1 Å². The Kier molecular flexibility index (Phi) is 6.55. The van der Waals surface area contributed by atoms with Crippen LogP contribution < -0.4 is 10.1 Å². The quantitative estimate of drug-likeness (QED) is 0.440. The zero-order valence-electron chi connectivity index (χ0n) is 13.6. The second-order valence-corrected chi connectivity index (χ2v) is 7.27. The summed E-state index contributed by atoms with van der Waals surface area (Å²) in [6.45, 7) is 0.935. The van der Waals surface area contributed by atoms with E-state index in [9.17, 15) is 0 Å². The molecule has 0 heterocycles. The standard InChI is InChI=1S/C20H15Cl4NO/c21-14-6-9-19(24)20(10-14)25-11-13-4-7-15(8-5-13)26-12-16-17(22)2-1-3-18(16)23/h1-10,25H,11-12H2. The summed E-state index contributed by atoms with van der Waals surface area (Å²) in [6.07, 6.45) is 0. The van der Waals surface area contributed by atoms with E-state index in [0.717, 1.165) is 22.6 Å². The summed E-state index contributed by atoms with van der Waals surface area (Å²) in [4.78, 5) is 0. The van der Waals surface area contributed by atoms with Gasteiger partial charge in [-0.15, -0.1) is 0 Å². The third-order valence-corrected chi connectivity index (χ3v) is 5.05. The van der Waals surface area contributed by atoms with Crippen molar-refractivity contribution in [2.45, 2.75) is 13.2 Å². The molecule has 0 aliphatic carbocycles. The Hall–Kier alpha value is -1.58. The van der Waals surface area contributed by atoms with Gasteiger partial charge < -0.3 is 10.1 Å². The molecule has 0 bridgehead atoms. The topological polar surface area (TPSA) is 21.3 Å². The Bertz CT molecular complexity index is 877. The van der Waals surface area contributed by atoms with Gasteiger partial charge in [0.05, 0.1) is 10.7 Å². The van der Waals surface area contributed by atoms with Gasteiger partial charge in [0.25, 0.3) is 0 Å². The van der Waals surface area contributed by atoms with Crippen LogP contribution in [0.15, 0.2) is 60.7 Å². The van der Waals surface area contributed by atoms with Gasteiger partial charge in [0.15, 0.2) is 0 Å². The summed E-state index contributed by atoms with van der Waals surface area (Å²) >= 11 is 24.4. The van der Waals surface area contributed by atoms with Gasteiger partial charge >= 0.3 is 0 Å². The molecule has 3 rings (SSSR count). The van der Waals surface area contributed by atoms with Crippen molar-refractivity contribution < 1.29 is 4.74 Å². The Labute approximate surface area is 172 Å². The maximum atomic E-state index is 6.15. The maximum absolute atomic E-state index is 6.15. The Morgan fingerprint density at radius 2 is 1.46 bits per heavy atom. The van der Waals surface area contributed by atoms with E-state index in [0.29, 0.717) is 33.2 Å². The van der Waals surface area contributed by atoms with Crippen molar-refractivity contribution in [1.82, 2.24) is 0 Å². The van der Waals surface area contributed by atoms with Crippen LogP contribution in [0.25, 0.3) is 0 Å². The Balaban J connectivity index is 1.59. The lowest BCUT2D eigenvalue weighted by atomic mass is 10.2. The number of hydrogen-bond acceptors (Lipinski definition) is 2. The number of ether oxygens (including phenoxy) is 1. The predicted octanol–water partition coefficient (Wildman–Crippen LogP) is 7.49. The predicted molar refractivity (Wildman–Crippen MR) is 111 cm³/mol. The molecule has 0 aromatic heterocycles. The van der Waals surface area contributed by atoms with Crippen molar-refractivity contribution in [2.24, 2.45) is 0 Å². The molecule has 0 aliphatic rings. The molecule has 0 aliphatic heterocycles. The number of nitrogens with one attached hydrogen (secondary N) is 1. The van der Waals surface area contributed by atoms with Gasteiger partial charge in [0.1, 0.15) is 12.4 Å². The first kappa shape index (κ1) is 19.2. The number of rotatable bonds is 6. The normalized spacial score (nSPS) is 10.6. The molecule has 0 saturated heterocycles. The van der Waals surface area contributed by atoms with Gasteiger partial charge in [-0.3, -0.25) is 0 Å². The van der Waals surface area contributed by atoms with Gasteiger partial charge in [0, 0.05) is 27.2 Å². The van der Waals surface area contributed by atoms with Gasteiger partial charge in [-0.05, 0) is 48.0 Å². The Morgan fingerprint density at radius 1 is 0.769 bits per heavy atom. The summed E-state index contributed by atoms with van der Waals surface area (Å²) < 4.78 is 5.78. The highest BCUT2D eigenvalue weighted by molar-refractivity contribution is 6.36. The molecule has 0 unspecified atom stereocenters. The van der Waals surface area contributed by atoms with Crippen LogP contribution in [0.5, 0.6) is 5.75 Å². The lowest BCUT2D eigenvalue weighted by molar-refractivity contribution is 0.306. The molecule has 134 valence electrons. The fraction of sp³-hybridized carbons (Fsp3) is 0.100. The second-order valence-electron chi connectivity index (χ2n) is 5.61. The maximum Gasteiger partial charge on any atom is 0.119 e. The molecule has 3 aromatic carbocycles.